The van der Waals surface area contributed by atoms with Crippen molar-refractivity contribution in [3.63, 3.8) is 0 Å². The van der Waals surface area contributed by atoms with Gasteiger partial charge in [-0.15, -0.1) is 0 Å². The minimum absolute atomic E-state index is 0.0246. The Morgan fingerprint density at radius 3 is 2.72 bits per heavy atom. The SMILES string of the molecule is CCn1nc(CC(C)COC(=O)C2CCC(O)CC2)c2c1C(=O)NCC1(CCOCC1)C2. The fourth-order valence-electron chi connectivity index (χ4n) is 5.37. The number of nitrogens with zero attached hydrogens (tertiary/aromatic N) is 2. The summed E-state index contributed by atoms with van der Waals surface area (Å²) in [6.07, 6.45) is 5.84. The van der Waals surface area contributed by atoms with Crippen molar-refractivity contribution in [3.05, 3.63) is 17.0 Å². The second-order valence-corrected chi connectivity index (χ2v) is 10.0. The van der Waals surface area contributed by atoms with E-state index >= 15 is 0 Å². The zero-order chi connectivity index (χ0) is 22.7. The lowest BCUT2D eigenvalue weighted by molar-refractivity contribution is -0.151. The summed E-state index contributed by atoms with van der Waals surface area (Å²) in [5, 5.41) is 17.6. The summed E-state index contributed by atoms with van der Waals surface area (Å²) >= 11 is 0. The Labute approximate surface area is 190 Å². The molecule has 32 heavy (non-hydrogen) atoms. The lowest BCUT2D eigenvalue weighted by Crippen LogP contribution is -2.40. The van der Waals surface area contributed by atoms with E-state index in [4.69, 9.17) is 14.6 Å². The van der Waals surface area contributed by atoms with Crippen LogP contribution in [0.4, 0.5) is 0 Å². The second-order valence-electron chi connectivity index (χ2n) is 10.0. The van der Waals surface area contributed by atoms with Gasteiger partial charge in [0.05, 0.1) is 24.3 Å². The highest BCUT2D eigenvalue weighted by molar-refractivity contribution is 5.94. The highest BCUT2D eigenvalue weighted by atomic mass is 16.5. The van der Waals surface area contributed by atoms with Gasteiger partial charge < -0.3 is 19.9 Å². The number of rotatable bonds is 6. The molecule has 1 saturated carbocycles. The van der Waals surface area contributed by atoms with Gasteiger partial charge in [0.1, 0.15) is 5.69 Å². The first-order valence-electron chi connectivity index (χ1n) is 12.2. The first kappa shape index (κ1) is 23.2. The van der Waals surface area contributed by atoms with Gasteiger partial charge >= 0.3 is 5.97 Å². The van der Waals surface area contributed by atoms with Gasteiger partial charge in [0, 0.05) is 31.9 Å². The monoisotopic (exact) mass is 447 g/mol. The Bertz CT molecular complexity index is 822. The molecule has 8 heteroatoms. The summed E-state index contributed by atoms with van der Waals surface area (Å²) in [5.41, 5.74) is 2.73. The largest absolute Gasteiger partial charge is 0.465 e. The van der Waals surface area contributed by atoms with Crippen molar-refractivity contribution in [3.8, 4) is 0 Å². The maximum absolute atomic E-state index is 12.9. The van der Waals surface area contributed by atoms with Crippen LogP contribution in [0.25, 0.3) is 0 Å². The average Bonchev–Trinajstić information content (AvgIpc) is 3.06. The van der Waals surface area contributed by atoms with Crippen LogP contribution < -0.4 is 5.32 Å². The first-order chi connectivity index (χ1) is 15.4. The molecule has 1 amide bonds. The predicted molar refractivity (Wildman–Crippen MR) is 118 cm³/mol. The summed E-state index contributed by atoms with van der Waals surface area (Å²) in [6, 6.07) is 0. The number of esters is 1. The number of amides is 1. The quantitative estimate of drug-likeness (QED) is 0.649. The Balaban J connectivity index is 1.44. The van der Waals surface area contributed by atoms with E-state index in [0.29, 0.717) is 57.5 Å². The van der Waals surface area contributed by atoms with Crippen molar-refractivity contribution in [2.24, 2.45) is 17.3 Å². The lowest BCUT2D eigenvalue weighted by Gasteiger charge is -2.36. The Morgan fingerprint density at radius 2 is 2.03 bits per heavy atom. The lowest BCUT2D eigenvalue weighted by atomic mass is 9.75. The number of carbonyl (C=O) groups excluding carboxylic acids is 2. The topological polar surface area (TPSA) is 103 Å². The molecule has 1 saturated heterocycles. The van der Waals surface area contributed by atoms with Crippen molar-refractivity contribution >= 4 is 11.9 Å². The highest BCUT2D eigenvalue weighted by Crippen LogP contribution is 2.38. The zero-order valence-electron chi connectivity index (χ0n) is 19.4. The predicted octanol–water partition coefficient (Wildman–Crippen LogP) is 2.26. The summed E-state index contributed by atoms with van der Waals surface area (Å²) in [4.78, 5) is 25.4. The number of fused-ring (bicyclic) bond motifs is 1. The van der Waals surface area contributed by atoms with Crippen LogP contribution in [0.5, 0.6) is 0 Å². The van der Waals surface area contributed by atoms with Gasteiger partial charge in [0.15, 0.2) is 0 Å². The Hall–Kier alpha value is -1.93. The number of hydrogen-bond donors (Lipinski definition) is 2. The molecule has 8 nitrogen and oxygen atoms in total. The molecule has 0 bridgehead atoms. The maximum atomic E-state index is 12.9. The second kappa shape index (κ2) is 9.91. The summed E-state index contributed by atoms with van der Waals surface area (Å²) in [5.74, 6) is -0.183. The molecule has 3 heterocycles. The molecule has 1 atom stereocenters. The number of aromatic nitrogens is 2. The molecule has 1 aromatic rings. The molecule has 0 aromatic carbocycles. The molecule has 2 fully saturated rings. The van der Waals surface area contributed by atoms with Crippen LogP contribution in [0.2, 0.25) is 0 Å². The van der Waals surface area contributed by atoms with Crippen molar-refractivity contribution in [2.75, 3.05) is 26.4 Å². The normalized spacial score (nSPS) is 26.2. The standard InChI is InChI=1S/C24H37N3O5/c1-3-27-21-19(13-24(15-25-22(21)29)8-10-31-11-9-24)20(26-27)12-16(2)14-32-23(30)17-4-6-18(28)7-5-17/h16-18,28H,3-15H2,1-2H3,(H,25,29). The molecule has 2 N–H and O–H groups in total. The molecule has 4 rings (SSSR count). The molecule has 0 radical (unpaired) electrons. The summed E-state index contributed by atoms with van der Waals surface area (Å²) in [7, 11) is 0. The van der Waals surface area contributed by atoms with E-state index < -0.39 is 0 Å². The van der Waals surface area contributed by atoms with Crippen LogP contribution in [-0.2, 0) is 33.7 Å². The highest BCUT2D eigenvalue weighted by Gasteiger charge is 2.39. The number of hydrogen-bond acceptors (Lipinski definition) is 6. The van der Waals surface area contributed by atoms with Crippen molar-refractivity contribution in [1.82, 2.24) is 15.1 Å². The summed E-state index contributed by atoms with van der Waals surface area (Å²) in [6.45, 7) is 7.19. The van der Waals surface area contributed by atoms with E-state index in [1.807, 2.05) is 11.6 Å². The molecule has 1 spiro atoms. The minimum atomic E-state index is -0.280. The fourth-order valence-corrected chi connectivity index (χ4v) is 5.37. The molecule has 2 aliphatic heterocycles. The Kier molecular flexibility index (Phi) is 7.20. The third kappa shape index (κ3) is 5.01. The van der Waals surface area contributed by atoms with E-state index in [0.717, 1.165) is 43.7 Å². The van der Waals surface area contributed by atoms with Gasteiger partial charge in [-0.2, -0.15) is 5.10 Å². The third-order valence-corrected chi connectivity index (χ3v) is 7.46. The van der Waals surface area contributed by atoms with E-state index in [1.54, 1.807) is 0 Å². The summed E-state index contributed by atoms with van der Waals surface area (Å²) < 4.78 is 13.0. The number of nitrogens with one attached hydrogen (secondary N) is 1. The molecule has 1 aromatic heterocycles. The fraction of sp³-hybridized carbons (Fsp3) is 0.792. The number of carbonyl (C=O) groups is 2. The van der Waals surface area contributed by atoms with Crippen molar-refractivity contribution in [1.29, 1.82) is 0 Å². The maximum Gasteiger partial charge on any atom is 0.308 e. The third-order valence-electron chi connectivity index (χ3n) is 7.46. The average molecular weight is 448 g/mol. The number of aliphatic hydroxyl groups excluding tert-OH is 1. The Morgan fingerprint density at radius 1 is 1.31 bits per heavy atom. The van der Waals surface area contributed by atoms with Crippen LogP contribution in [0.3, 0.4) is 0 Å². The van der Waals surface area contributed by atoms with E-state index in [2.05, 4.69) is 12.2 Å². The smallest absolute Gasteiger partial charge is 0.308 e. The van der Waals surface area contributed by atoms with Crippen LogP contribution in [-0.4, -0.2) is 59.2 Å². The molecule has 178 valence electrons. The van der Waals surface area contributed by atoms with Gasteiger partial charge in [-0.05, 0) is 69.6 Å². The number of aliphatic hydroxyl groups is 1. The van der Waals surface area contributed by atoms with E-state index in [1.165, 1.54) is 0 Å². The van der Waals surface area contributed by atoms with Gasteiger partial charge in [-0.1, -0.05) is 6.92 Å². The minimum Gasteiger partial charge on any atom is -0.465 e. The van der Waals surface area contributed by atoms with E-state index in [-0.39, 0.29) is 35.2 Å². The van der Waals surface area contributed by atoms with Crippen LogP contribution in [0, 0.1) is 17.3 Å². The van der Waals surface area contributed by atoms with Gasteiger partial charge in [0.2, 0.25) is 0 Å². The van der Waals surface area contributed by atoms with Crippen LogP contribution in [0.15, 0.2) is 0 Å². The first-order valence-corrected chi connectivity index (χ1v) is 12.2. The van der Waals surface area contributed by atoms with Gasteiger partial charge in [0.25, 0.3) is 5.91 Å². The number of ether oxygens (including phenoxy) is 2. The van der Waals surface area contributed by atoms with Gasteiger partial charge in [-0.3, -0.25) is 14.3 Å². The molecular weight excluding hydrogens is 410 g/mol. The van der Waals surface area contributed by atoms with Crippen LogP contribution in [0.1, 0.15) is 74.1 Å². The van der Waals surface area contributed by atoms with Gasteiger partial charge in [-0.25, -0.2) is 0 Å². The zero-order valence-corrected chi connectivity index (χ0v) is 19.4. The van der Waals surface area contributed by atoms with Crippen LogP contribution >= 0.6 is 0 Å². The molecule has 3 aliphatic rings. The van der Waals surface area contributed by atoms with E-state index in [9.17, 15) is 14.7 Å². The van der Waals surface area contributed by atoms with Crippen molar-refractivity contribution in [2.45, 2.75) is 77.9 Å². The molecular formula is C24H37N3O5. The van der Waals surface area contributed by atoms with Crippen molar-refractivity contribution < 1.29 is 24.2 Å². The number of aryl methyl sites for hydroxylation is 1. The molecule has 1 aliphatic carbocycles. The molecule has 1 unspecified atom stereocenters.